The molecule has 9 heteroatoms. The van der Waals surface area contributed by atoms with Gasteiger partial charge in [0.2, 0.25) is 5.91 Å². The Morgan fingerprint density at radius 1 is 0.833 bits per heavy atom. The fraction of sp³-hybridized carbons (Fsp3) is 0.872. The molecule has 2 fully saturated rings. The van der Waals surface area contributed by atoms with Crippen molar-refractivity contribution in [3.63, 3.8) is 0 Å². The van der Waals surface area contributed by atoms with Crippen LogP contribution in [0.4, 0.5) is 4.79 Å². The summed E-state index contributed by atoms with van der Waals surface area (Å²) in [6.07, 6.45) is 24.8. The number of hydrogen-bond acceptors (Lipinski definition) is 5. The van der Waals surface area contributed by atoms with E-state index in [4.69, 9.17) is 9.47 Å². The Balaban J connectivity index is 1.80. The quantitative estimate of drug-likeness (QED) is 0.0633. The van der Waals surface area contributed by atoms with Crippen LogP contribution < -0.4 is 16.0 Å². The lowest BCUT2D eigenvalue weighted by Crippen LogP contribution is -2.60. The molecule has 1 heterocycles. The molecule has 1 aliphatic carbocycles. The summed E-state index contributed by atoms with van der Waals surface area (Å²) in [6.45, 7) is 12.3. The predicted molar refractivity (Wildman–Crippen MR) is 194 cm³/mol. The Morgan fingerprint density at radius 3 is 2.12 bits per heavy atom. The van der Waals surface area contributed by atoms with Crippen molar-refractivity contribution >= 4 is 17.9 Å². The number of unbranched alkanes of at least 4 members (excludes halogenated alkanes) is 10. The van der Waals surface area contributed by atoms with Crippen molar-refractivity contribution in [1.29, 1.82) is 0 Å². The Labute approximate surface area is 292 Å². The van der Waals surface area contributed by atoms with E-state index >= 15 is 0 Å². The summed E-state index contributed by atoms with van der Waals surface area (Å²) in [6, 6.07) is -0.460. The highest BCUT2D eigenvalue weighted by molar-refractivity contribution is 5.82. The zero-order valence-corrected chi connectivity index (χ0v) is 31.4. The monoisotopic (exact) mass is 678 g/mol. The fourth-order valence-corrected chi connectivity index (χ4v) is 7.12. The minimum Gasteiger partial charge on any atom is -0.481 e. The van der Waals surface area contributed by atoms with Gasteiger partial charge in [-0.2, -0.15) is 0 Å². The van der Waals surface area contributed by atoms with E-state index in [1.54, 1.807) is 0 Å². The van der Waals surface area contributed by atoms with Crippen LogP contribution in [0.3, 0.4) is 0 Å². The number of carbonyl (C=O) groups excluding carboxylic acids is 2. The number of urea groups is 1. The third-order valence-corrected chi connectivity index (χ3v) is 10.1. The van der Waals surface area contributed by atoms with Crippen LogP contribution >= 0.6 is 0 Å². The van der Waals surface area contributed by atoms with Gasteiger partial charge in [-0.3, -0.25) is 9.59 Å². The number of allylic oxidation sites excluding steroid dienone is 2. The molecular weight excluding hydrogens is 606 g/mol. The molecule has 4 N–H and O–H groups in total. The maximum Gasteiger partial charge on any atom is 0.315 e. The highest BCUT2D eigenvalue weighted by atomic mass is 16.7. The molecular formula is C39H71N3O6. The number of hydrogen-bond donors (Lipinski definition) is 4. The van der Waals surface area contributed by atoms with E-state index in [0.29, 0.717) is 19.4 Å². The van der Waals surface area contributed by atoms with Gasteiger partial charge in [0.1, 0.15) is 6.10 Å². The Kier molecular flexibility index (Phi) is 19.8. The number of carboxylic acids is 1. The zero-order valence-electron chi connectivity index (χ0n) is 31.4. The van der Waals surface area contributed by atoms with Gasteiger partial charge in [0.15, 0.2) is 5.79 Å². The van der Waals surface area contributed by atoms with Gasteiger partial charge < -0.3 is 30.5 Å². The maximum atomic E-state index is 13.7. The van der Waals surface area contributed by atoms with Crippen molar-refractivity contribution < 1.29 is 29.0 Å². The van der Waals surface area contributed by atoms with Crippen molar-refractivity contribution in [2.75, 3.05) is 6.61 Å². The molecule has 2 aliphatic rings. The number of ether oxygens (including phenoxy) is 2. The molecule has 9 nitrogen and oxygen atoms in total. The standard InChI is InChI=1S/C39H71N3O6/c1-7-8-9-10-11-12-13-14-15-16-17-18-19-20-24-30(2)40-37(46)42-33-26-22-21-25-31(33)32(27-23-28-34(43)44)41-36(45)35-38(3,4)29-47-39(5,6)48-35/h14-15,30-33,35H,7-13,16-29H2,1-6H3,(H,41,45)(H,43,44)(H2,40,42,46). The van der Waals surface area contributed by atoms with Crippen molar-refractivity contribution in [2.45, 2.75) is 200 Å². The van der Waals surface area contributed by atoms with Crippen LogP contribution in [0.25, 0.3) is 0 Å². The molecule has 0 spiro atoms. The first kappa shape index (κ1) is 42.0. The molecule has 1 aliphatic heterocycles. The van der Waals surface area contributed by atoms with Crippen molar-refractivity contribution in [1.82, 2.24) is 16.0 Å². The average Bonchev–Trinajstić information content (AvgIpc) is 3.02. The molecule has 0 aromatic rings. The highest BCUT2D eigenvalue weighted by Crippen LogP contribution is 2.36. The van der Waals surface area contributed by atoms with E-state index in [9.17, 15) is 19.5 Å². The maximum absolute atomic E-state index is 13.7. The summed E-state index contributed by atoms with van der Waals surface area (Å²) in [7, 11) is 0. The average molecular weight is 678 g/mol. The minimum atomic E-state index is -0.871. The fourth-order valence-electron chi connectivity index (χ4n) is 7.12. The number of carboxylic acid groups (broad SMARTS) is 1. The molecule has 0 bridgehead atoms. The third-order valence-electron chi connectivity index (χ3n) is 10.1. The second-order valence-corrected chi connectivity index (χ2v) is 15.7. The van der Waals surface area contributed by atoms with Crippen LogP contribution in [0.15, 0.2) is 12.2 Å². The number of nitrogens with one attached hydrogen (secondary N) is 3. The third kappa shape index (κ3) is 17.0. The van der Waals surface area contributed by atoms with Crippen molar-refractivity contribution in [3.8, 4) is 0 Å². The minimum absolute atomic E-state index is 0.00774. The van der Waals surface area contributed by atoms with E-state index in [2.05, 4.69) is 41.9 Å². The second-order valence-electron chi connectivity index (χ2n) is 15.7. The molecule has 1 saturated heterocycles. The van der Waals surface area contributed by atoms with Gasteiger partial charge in [-0.1, -0.05) is 97.1 Å². The smallest absolute Gasteiger partial charge is 0.315 e. The summed E-state index contributed by atoms with van der Waals surface area (Å²) in [4.78, 5) is 38.2. The second kappa shape index (κ2) is 22.6. The van der Waals surface area contributed by atoms with Gasteiger partial charge in [0.25, 0.3) is 0 Å². The number of rotatable bonds is 23. The molecule has 2 rings (SSSR count). The molecule has 1 saturated carbocycles. The number of carbonyl (C=O) groups is 3. The lowest BCUT2D eigenvalue weighted by Gasteiger charge is -2.46. The van der Waals surface area contributed by atoms with Crippen LogP contribution in [0.1, 0.15) is 170 Å². The van der Waals surface area contributed by atoms with Crippen LogP contribution in [-0.4, -0.2) is 59.6 Å². The predicted octanol–water partition coefficient (Wildman–Crippen LogP) is 8.80. The molecule has 48 heavy (non-hydrogen) atoms. The lowest BCUT2D eigenvalue weighted by atomic mass is 9.77. The van der Waals surface area contributed by atoms with Crippen molar-refractivity contribution in [3.05, 3.63) is 12.2 Å². The summed E-state index contributed by atoms with van der Waals surface area (Å²) < 4.78 is 11.9. The Hall–Kier alpha value is -2.13. The van der Waals surface area contributed by atoms with Gasteiger partial charge >= 0.3 is 12.0 Å². The highest BCUT2D eigenvalue weighted by Gasteiger charge is 2.47. The van der Waals surface area contributed by atoms with Gasteiger partial charge in [-0.15, -0.1) is 0 Å². The summed E-state index contributed by atoms with van der Waals surface area (Å²) >= 11 is 0. The first-order chi connectivity index (χ1) is 22.8. The summed E-state index contributed by atoms with van der Waals surface area (Å²) in [5.41, 5.74) is -0.518. The molecule has 3 amide bonds. The Bertz CT molecular complexity index is 967. The molecule has 0 aromatic carbocycles. The van der Waals surface area contributed by atoms with Gasteiger partial charge in [0, 0.05) is 30.0 Å². The first-order valence-electron chi connectivity index (χ1n) is 19.4. The summed E-state index contributed by atoms with van der Waals surface area (Å²) in [5.74, 6) is -1.92. The molecule has 5 unspecified atom stereocenters. The van der Waals surface area contributed by atoms with Crippen LogP contribution in [-0.2, 0) is 19.1 Å². The van der Waals surface area contributed by atoms with Gasteiger partial charge in [-0.05, 0) is 84.5 Å². The summed E-state index contributed by atoms with van der Waals surface area (Å²) in [5, 5.41) is 18.9. The largest absolute Gasteiger partial charge is 0.481 e. The number of amides is 3. The van der Waals surface area contributed by atoms with Crippen LogP contribution in [0.5, 0.6) is 0 Å². The lowest BCUT2D eigenvalue weighted by molar-refractivity contribution is -0.304. The van der Waals surface area contributed by atoms with E-state index in [-0.39, 0.29) is 42.4 Å². The molecule has 278 valence electrons. The van der Waals surface area contributed by atoms with Gasteiger partial charge in [0.05, 0.1) is 6.61 Å². The molecule has 0 radical (unpaired) electrons. The normalized spacial score (nSPS) is 23.3. The topological polar surface area (TPSA) is 126 Å². The molecule has 0 aromatic heterocycles. The zero-order chi connectivity index (χ0) is 35.4. The van der Waals surface area contributed by atoms with E-state index in [1.807, 2.05) is 27.7 Å². The van der Waals surface area contributed by atoms with E-state index in [0.717, 1.165) is 44.9 Å². The Morgan fingerprint density at radius 2 is 1.46 bits per heavy atom. The SMILES string of the molecule is CCCCCCCCC=CCCCCCCC(C)NC(=O)NC1CCCCC1C(CCCC(=O)O)NC(=O)C1OC(C)(C)OCC1(C)C. The molecule has 5 atom stereocenters. The van der Waals surface area contributed by atoms with E-state index in [1.165, 1.54) is 64.2 Å². The first-order valence-corrected chi connectivity index (χ1v) is 19.4. The van der Waals surface area contributed by atoms with Crippen molar-refractivity contribution in [2.24, 2.45) is 11.3 Å². The number of aliphatic carboxylic acids is 1. The van der Waals surface area contributed by atoms with E-state index < -0.39 is 23.3 Å². The van der Waals surface area contributed by atoms with Gasteiger partial charge in [-0.25, -0.2) is 4.79 Å². The van der Waals surface area contributed by atoms with Crippen LogP contribution in [0, 0.1) is 11.3 Å². The van der Waals surface area contributed by atoms with Crippen LogP contribution in [0.2, 0.25) is 0 Å².